The Bertz CT molecular complexity index is 634. The van der Waals surface area contributed by atoms with Crippen molar-refractivity contribution in [3.05, 3.63) is 41.4 Å². The van der Waals surface area contributed by atoms with Gasteiger partial charge >= 0.3 is 0 Å². The van der Waals surface area contributed by atoms with Crippen LogP contribution in [0.15, 0.2) is 45.1 Å². The van der Waals surface area contributed by atoms with Crippen LogP contribution in [-0.2, 0) is 9.84 Å². The quantitative estimate of drug-likeness (QED) is 0.850. The van der Waals surface area contributed by atoms with E-state index in [2.05, 4.69) is 4.98 Å². The molecule has 1 aromatic heterocycles. The lowest BCUT2D eigenvalue weighted by atomic mass is 10.2. The summed E-state index contributed by atoms with van der Waals surface area (Å²) in [6, 6.07) is 7.24. The van der Waals surface area contributed by atoms with E-state index in [-0.39, 0.29) is 11.0 Å². The van der Waals surface area contributed by atoms with Crippen molar-refractivity contribution in [2.24, 2.45) is 0 Å². The van der Waals surface area contributed by atoms with Gasteiger partial charge in [-0.25, -0.2) is 13.4 Å². The van der Waals surface area contributed by atoms with Gasteiger partial charge in [-0.2, -0.15) is 0 Å². The zero-order valence-electron chi connectivity index (χ0n) is 8.74. The number of hydrogen-bond acceptors (Lipinski definition) is 5. The van der Waals surface area contributed by atoms with Crippen molar-refractivity contribution in [2.75, 3.05) is 5.75 Å². The van der Waals surface area contributed by atoms with Gasteiger partial charge in [0.15, 0.2) is 9.84 Å². The van der Waals surface area contributed by atoms with Crippen LogP contribution in [0.4, 0.5) is 0 Å². The van der Waals surface area contributed by atoms with E-state index in [1.807, 2.05) is 17.5 Å². The van der Waals surface area contributed by atoms with Gasteiger partial charge in [-0.15, -0.1) is 11.3 Å². The number of sulfone groups is 1. The molecule has 0 saturated carbocycles. The molecule has 0 saturated heterocycles. The Morgan fingerprint density at radius 2 is 2.18 bits per heavy atom. The molecule has 3 rings (SSSR count). The van der Waals surface area contributed by atoms with Crippen LogP contribution >= 0.6 is 23.1 Å². The Kier molecular flexibility index (Phi) is 2.72. The van der Waals surface area contributed by atoms with Gasteiger partial charge in [0.25, 0.3) is 0 Å². The smallest absolute Gasteiger partial charge is 0.180 e. The van der Waals surface area contributed by atoms with Crippen molar-refractivity contribution >= 4 is 32.9 Å². The number of thiazole rings is 1. The van der Waals surface area contributed by atoms with Crippen LogP contribution in [0.25, 0.3) is 0 Å². The molecule has 88 valence electrons. The summed E-state index contributed by atoms with van der Waals surface area (Å²) in [6.45, 7) is 0. The van der Waals surface area contributed by atoms with E-state index in [9.17, 15) is 8.42 Å². The third-order valence-corrected chi connectivity index (χ3v) is 6.80. The van der Waals surface area contributed by atoms with Gasteiger partial charge in [-0.05, 0) is 11.6 Å². The average Bonchev–Trinajstić information content (AvgIpc) is 2.88. The summed E-state index contributed by atoms with van der Waals surface area (Å²) >= 11 is 3.07. The Hall–Kier alpha value is -0.850. The predicted octanol–water partition coefficient (Wildman–Crippen LogP) is 2.76. The predicted molar refractivity (Wildman–Crippen MR) is 69.2 cm³/mol. The van der Waals surface area contributed by atoms with Crippen LogP contribution in [0.5, 0.6) is 0 Å². The van der Waals surface area contributed by atoms with Crippen molar-refractivity contribution in [2.45, 2.75) is 14.5 Å². The van der Waals surface area contributed by atoms with E-state index in [4.69, 9.17) is 0 Å². The second-order valence-electron chi connectivity index (χ2n) is 3.72. The summed E-state index contributed by atoms with van der Waals surface area (Å²) in [5.41, 5.74) is 0.910. The minimum atomic E-state index is -3.10. The number of rotatable bonds is 2. The molecule has 1 aliphatic heterocycles. The number of hydrogen-bond donors (Lipinski definition) is 0. The van der Waals surface area contributed by atoms with E-state index >= 15 is 0 Å². The van der Waals surface area contributed by atoms with Crippen molar-refractivity contribution < 1.29 is 8.42 Å². The molecular formula is C11H9NO2S3. The minimum absolute atomic E-state index is 0.0256. The molecule has 0 bridgehead atoms. The van der Waals surface area contributed by atoms with Gasteiger partial charge in [0.1, 0.15) is 4.34 Å². The van der Waals surface area contributed by atoms with Gasteiger partial charge in [0.2, 0.25) is 0 Å². The fourth-order valence-corrected chi connectivity index (χ4v) is 6.19. The van der Waals surface area contributed by atoms with Crippen LogP contribution < -0.4 is 0 Å². The third-order valence-electron chi connectivity index (χ3n) is 2.62. The molecule has 0 spiro atoms. The van der Waals surface area contributed by atoms with Gasteiger partial charge in [-0.3, -0.25) is 0 Å². The molecule has 0 amide bonds. The normalized spacial score (nSPS) is 21.3. The molecule has 0 fully saturated rings. The fraction of sp³-hybridized carbons (Fsp3) is 0.182. The molecule has 2 aromatic rings. The van der Waals surface area contributed by atoms with Crippen molar-refractivity contribution in [3.63, 3.8) is 0 Å². The highest BCUT2D eigenvalue weighted by Gasteiger charge is 2.35. The summed E-state index contributed by atoms with van der Waals surface area (Å²) in [4.78, 5) is 4.67. The van der Waals surface area contributed by atoms with Crippen LogP contribution in [0, 0.1) is 0 Å². The van der Waals surface area contributed by atoms with Crippen molar-refractivity contribution in [1.29, 1.82) is 0 Å². The number of aromatic nitrogens is 1. The highest BCUT2D eigenvalue weighted by Crippen LogP contribution is 2.45. The molecule has 6 heteroatoms. The molecule has 1 aliphatic rings. The first kappa shape index (κ1) is 11.3. The summed E-state index contributed by atoms with van der Waals surface area (Å²) < 4.78 is 24.8. The lowest BCUT2D eigenvalue weighted by Gasteiger charge is -2.06. The van der Waals surface area contributed by atoms with E-state index in [1.165, 1.54) is 11.8 Å². The van der Waals surface area contributed by atoms with Gasteiger partial charge in [0.05, 0.1) is 15.9 Å². The van der Waals surface area contributed by atoms with Crippen molar-refractivity contribution in [3.8, 4) is 0 Å². The van der Waals surface area contributed by atoms with Crippen LogP contribution in [0.1, 0.15) is 10.8 Å². The molecule has 17 heavy (non-hydrogen) atoms. The fourth-order valence-electron chi connectivity index (χ4n) is 1.90. The largest absolute Gasteiger partial charge is 0.238 e. The zero-order valence-corrected chi connectivity index (χ0v) is 11.2. The van der Waals surface area contributed by atoms with E-state index in [1.54, 1.807) is 29.7 Å². The maximum atomic E-state index is 12.0. The monoisotopic (exact) mass is 283 g/mol. The zero-order chi connectivity index (χ0) is 11.9. The van der Waals surface area contributed by atoms with E-state index in [0.717, 1.165) is 9.90 Å². The molecule has 0 radical (unpaired) electrons. The average molecular weight is 283 g/mol. The Balaban J connectivity index is 2.00. The number of fused-ring (bicyclic) bond motifs is 1. The summed E-state index contributed by atoms with van der Waals surface area (Å²) in [5, 5.41) is 1.87. The second-order valence-corrected chi connectivity index (χ2v) is 8.07. The lowest BCUT2D eigenvalue weighted by molar-refractivity contribution is 0.600. The molecule has 1 aromatic carbocycles. The Morgan fingerprint density at radius 3 is 2.94 bits per heavy atom. The maximum Gasteiger partial charge on any atom is 0.180 e. The third kappa shape index (κ3) is 2.00. The minimum Gasteiger partial charge on any atom is -0.238 e. The van der Waals surface area contributed by atoms with E-state index in [0.29, 0.717) is 4.90 Å². The summed E-state index contributed by atoms with van der Waals surface area (Å²) in [7, 11) is -3.10. The highest BCUT2D eigenvalue weighted by atomic mass is 32.2. The Labute approximate surface area is 108 Å². The standard InChI is InChI=1S/C11H9NO2S3/c13-17(14)7-9(16-11-12-5-6-15-11)8-3-1-2-4-10(8)17/h1-6,9H,7H2. The Morgan fingerprint density at radius 1 is 1.35 bits per heavy atom. The first-order chi connectivity index (χ1) is 8.17. The van der Waals surface area contributed by atoms with Gasteiger partial charge in [0, 0.05) is 11.6 Å². The van der Waals surface area contributed by atoms with Gasteiger partial charge < -0.3 is 0 Å². The first-order valence-electron chi connectivity index (χ1n) is 5.05. The lowest BCUT2D eigenvalue weighted by Crippen LogP contribution is -2.00. The maximum absolute atomic E-state index is 12.0. The molecule has 1 unspecified atom stereocenters. The molecule has 0 aliphatic carbocycles. The topological polar surface area (TPSA) is 47.0 Å². The van der Waals surface area contributed by atoms with Crippen LogP contribution in [-0.4, -0.2) is 19.2 Å². The molecular weight excluding hydrogens is 274 g/mol. The first-order valence-corrected chi connectivity index (χ1v) is 8.46. The SMILES string of the molecule is O=S1(=O)CC(Sc2nccs2)c2ccccc21. The van der Waals surface area contributed by atoms with Gasteiger partial charge in [-0.1, -0.05) is 30.0 Å². The number of thioether (sulfide) groups is 1. The molecule has 2 heterocycles. The van der Waals surface area contributed by atoms with Crippen LogP contribution in [0.2, 0.25) is 0 Å². The van der Waals surface area contributed by atoms with Crippen LogP contribution in [0.3, 0.4) is 0 Å². The molecule has 1 atom stereocenters. The second kappa shape index (κ2) is 4.12. The molecule has 0 N–H and O–H groups in total. The van der Waals surface area contributed by atoms with Crippen molar-refractivity contribution in [1.82, 2.24) is 4.98 Å². The highest BCUT2D eigenvalue weighted by molar-refractivity contribution is 8.02. The van der Waals surface area contributed by atoms with E-state index < -0.39 is 9.84 Å². The molecule has 3 nitrogen and oxygen atoms in total. The number of nitrogens with zero attached hydrogens (tertiary/aromatic N) is 1. The number of benzene rings is 1. The summed E-state index contributed by atoms with van der Waals surface area (Å²) in [6.07, 6.45) is 1.74. The summed E-state index contributed by atoms with van der Waals surface area (Å²) in [5.74, 6) is 0.177.